The third kappa shape index (κ3) is 6.20. The largest absolute Gasteiger partial charge is 0.492 e. The second kappa shape index (κ2) is 9.44. The number of nitrogens with zero attached hydrogens (tertiary/aromatic N) is 1. The Kier molecular flexibility index (Phi) is 7.14. The molecule has 114 valence electrons. The van der Waals surface area contributed by atoms with Crippen LogP contribution in [0.15, 0.2) is 24.3 Å². The molecule has 0 aromatic heterocycles. The maximum atomic E-state index is 5.86. The lowest BCUT2D eigenvalue weighted by molar-refractivity contribution is 0.195. The first kappa shape index (κ1) is 15.9. The molecule has 0 radical (unpaired) electrons. The van der Waals surface area contributed by atoms with Crippen molar-refractivity contribution in [2.75, 3.05) is 32.8 Å². The average molecular weight is 286 g/mol. The molecule has 0 saturated carbocycles. The zero-order valence-electron chi connectivity index (χ0n) is 12.8. The first-order valence-corrected chi connectivity index (χ1v) is 8.02. The summed E-state index contributed by atoms with van der Waals surface area (Å²) in [6.45, 7) is 4.57. The molecule has 1 heterocycles. The number of likely N-dealkylation sites (tertiary alicyclic amines) is 1. The van der Waals surface area contributed by atoms with E-state index in [0.717, 1.165) is 24.5 Å². The summed E-state index contributed by atoms with van der Waals surface area (Å²) in [6.07, 6.45) is 6.80. The summed E-state index contributed by atoms with van der Waals surface area (Å²) in [4.78, 5) is 2.53. The van der Waals surface area contributed by atoms with Gasteiger partial charge >= 0.3 is 0 Å². The van der Waals surface area contributed by atoms with Crippen LogP contribution in [0.4, 0.5) is 0 Å². The quantitative estimate of drug-likeness (QED) is 0.865. The van der Waals surface area contributed by atoms with E-state index < -0.39 is 0 Å². The SMILES string of the molecule is NCC#Cc1cccc(OCCN2CCCCCCC2)c1. The Hall–Kier alpha value is -1.50. The van der Waals surface area contributed by atoms with Crippen molar-refractivity contribution in [3.05, 3.63) is 29.8 Å². The number of rotatable bonds is 4. The minimum Gasteiger partial charge on any atom is -0.492 e. The van der Waals surface area contributed by atoms with Gasteiger partial charge in [0, 0.05) is 12.1 Å². The molecular formula is C18H26N2O. The Bertz CT molecular complexity index is 468. The highest BCUT2D eigenvalue weighted by atomic mass is 16.5. The lowest BCUT2D eigenvalue weighted by Gasteiger charge is -2.24. The molecule has 0 spiro atoms. The van der Waals surface area contributed by atoms with Crippen LogP contribution >= 0.6 is 0 Å². The molecule has 3 nitrogen and oxygen atoms in total. The Balaban J connectivity index is 1.77. The molecule has 1 aromatic rings. The van der Waals surface area contributed by atoms with Crippen molar-refractivity contribution in [1.29, 1.82) is 0 Å². The van der Waals surface area contributed by atoms with Crippen LogP contribution in [0.25, 0.3) is 0 Å². The van der Waals surface area contributed by atoms with E-state index in [1.54, 1.807) is 0 Å². The van der Waals surface area contributed by atoms with Crippen LogP contribution in [0.2, 0.25) is 0 Å². The second-order valence-corrected chi connectivity index (χ2v) is 5.49. The number of ether oxygens (including phenoxy) is 1. The molecule has 1 aliphatic heterocycles. The van der Waals surface area contributed by atoms with Crippen molar-refractivity contribution in [3.8, 4) is 17.6 Å². The van der Waals surface area contributed by atoms with E-state index in [4.69, 9.17) is 10.5 Å². The smallest absolute Gasteiger partial charge is 0.120 e. The number of hydrogen-bond donors (Lipinski definition) is 1. The predicted molar refractivity (Wildman–Crippen MR) is 87.4 cm³/mol. The molecule has 3 heteroatoms. The zero-order chi connectivity index (χ0) is 14.8. The molecule has 0 atom stereocenters. The van der Waals surface area contributed by atoms with Crippen LogP contribution in [0, 0.1) is 11.8 Å². The van der Waals surface area contributed by atoms with Crippen LogP contribution in [0.1, 0.15) is 37.7 Å². The normalized spacial score (nSPS) is 16.4. The molecule has 21 heavy (non-hydrogen) atoms. The van der Waals surface area contributed by atoms with Crippen LogP contribution in [0.5, 0.6) is 5.75 Å². The summed E-state index contributed by atoms with van der Waals surface area (Å²) >= 11 is 0. The van der Waals surface area contributed by atoms with Gasteiger partial charge in [0.25, 0.3) is 0 Å². The Morgan fingerprint density at radius 1 is 1.10 bits per heavy atom. The van der Waals surface area contributed by atoms with Gasteiger partial charge in [-0.25, -0.2) is 0 Å². The Morgan fingerprint density at radius 2 is 1.86 bits per heavy atom. The topological polar surface area (TPSA) is 38.5 Å². The van der Waals surface area contributed by atoms with E-state index in [0.29, 0.717) is 6.54 Å². The summed E-state index contributed by atoms with van der Waals surface area (Å²) in [5.74, 6) is 6.80. The van der Waals surface area contributed by atoms with Gasteiger partial charge in [0.05, 0.1) is 6.54 Å². The van der Waals surface area contributed by atoms with E-state index in [-0.39, 0.29) is 0 Å². The maximum absolute atomic E-state index is 5.86. The summed E-state index contributed by atoms with van der Waals surface area (Å²) in [6, 6.07) is 7.93. The van der Waals surface area contributed by atoms with Crippen molar-refractivity contribution in [2.45, 2.75) is 32.1 Å². The monoisotopic (exact) mass is 286 g/mol. The van der Waals surface area contributed by atoms with Crippen molar-refractivity contribution < 1.29 is 4.74 Å². The second-order valence-electron chi connectivity index (χ2n) is 5.49. The fraction of sp³-hybridized carbons (Fsp3) is 0.556. The van der Waals surface area contributed by atoms with Crippen LogP contribution in [-0.2, 0) is 0 Å². The predicted octanol–water partition coefficient (Wildman–Crippen LogP) is 2.64. The van der Waals surface area contributed by atoms with Gasteiger partial charge in [-0.1, -0.05) is 37.2 Å². The van der Waals surface area contributed by atoms with Gasteiger partial charge in [-0.3, -0.25) is 4.90 Å². The van der Waals surface area contributed by atoms with Crippen molar-refractivity contribution in [3.63, 3.8) is 0 Å². The van der Waals surface area contributed by atoms with Crippen LogP contribution < -0.4 is 10.5 Å². The zero-order valence-corrected chi connectivity index (χ0v) is 12.8. The van der Waals surface area contributed by atoms with Gasteiger partial charge in [-0.2, -0.15) is 0 Å². The van der Waals surface area contributed by atoms with E-state index in [2.05, 4.69) is 16.7 Å². The summed E-state index contributed by atoms with van der Waals surface area (Å²) in [7, 11) is 0. The van der Waals surface area contributed by atoms with Gasteiger partial charge in [-0.05, 0) is 44.1 Å². The molecule has 2 N–H and O–H groups in total. The first-order valence-electron chi connectivity index (χ1n) is 8.02. The molecule has 0 aliphatic carbocycles. The average Bonchev–Trinajstić information content (AvgIpc) is 2.47. The third-order valence-electron chi connectivity index (χ3n) is 3.79. The first-order chi connectivity index (χ1) is 10.4. The highest BCUT2D eigenvalue weighted by molar-refractivity contribution is 5.39. The van der Waals surface area contributed by atoms with Crippen molar-refractivity contribution >= 4 is 0 Å². The minimum absolute atomic E-state index is 0.389. The summed E-state index contributed by atoms with van der Waals surface area (Å²) in [5.41, 5.74) is 6.35. The third-order valence-corrected chi connectivity index (χ3v) is 3.79. The standard InChI is InChI=1S/C18H26N2O/c19-11-7-9-17-8-6-10-18(16-17)21-15-14-20-12-4-2-1-3-5-13-20/h6,8,10,16H,1-5,11-15,19H2. The van der Waals surface area contributed by atoms with E-state index in [9.17, 15) is 0 Å². The maximum Gasteiger partial charge on any atom is 0.120 e. The molecular weight excluding hydrogens is 260 g/mol. The minimum atomic E-state index is 0.389. The molecule has 0 amide bonds. The highest BCUT2D eigenvalue weighted by Gasteiger charge is 2.07. The van der Waals surface area contributed by atoms with Crippen molar-refractivity contribution in [1.82, 2.24) is 4.90 Å². The van der Waals surface area contributed by atoms with Crippen LogP contribution in [-0.4, -0.2) is 37.7 Å². The van der Waals surface area contributed by atoms with E-state index in [1.165, 1.54) is 45.2 Å². The fourth-order valence-electron chi connectivity index (χ4n) is 2.65. The molecule has 2 rings (SSSR count). The molecule has 1 saturated heterocycles. The van der Waals surface area contributed by atoms with Gasteiger partial charge < -0.3 is 10.5 Å². The van der Waals surface area contributed by atoms with Gasteiger partial charge in [0.2, 0.25) is 0 Å². The lowest BCUT2D eigenvalue weighted by atomic mass is 10.1. The summed E-state index contributed by atoms with van der Waals surface area (Å²) < 4.78 is 5.86. The molecule has 0 unspecified atom stereocenters. The van der Waals surface area contributed by atoms with E-state index >= 15 is 0 Å². The molecule has 1 fully saturated rings. The molecule has 0 bridgehead atoms. The Labute approximate surface area is 128 Å². The highest BCUT2D eigenvalue weighted by Crippen LogP contribution is 2.13. The van der Waals surface area contributed by atoms with Gasteiger partial charge in [-0.15, -0.1) is 0 Å². The van der Waals surface area contributed by atoms with Crippen molar-refractivity contribution in [2.24, 2.45) is 5.73 Å². The summed E-state index contributed by atoms with van der Waals surface area (Å²) in [5, 5.41) is 0. The van der Waals surface area contributed by atoms with Crippen LogP contribution in [0.3, 0.4) is 0 Å². The Morgan fingerprint density at radius 3 is 2.62 bits per heavy atom. The molecule has 1 aliphatic rings. The van der Waals surface area contributed by atoms with Gasteiger partial charge in [0.1, 0.15) is 12.4 Å². The fourth-order valence-corrected chi connectivity index (χ4v) is 2.65. The van der Waals surface area contributed by atoms with E-state index in [1.807, 2.05) is 24.3 Å². The van der Waals surface area contributed by atoms with Gasteiger partial charge in [0.15, 0.2) is 0 Å². The number of benzene rings is 1. The lowest BCUT2D eigenvalue weighted by Crippen LogP contribution is -2.31. The number of nitrogens with two attached hydrogens (primary N) is 1. The number of hydrogen-bond acceptors (Lipinski definition) is 3. The molecule has 1 aromatic carbocycles.